The van der Waals surface area contributed by atoms with Gasteiger partial charge in [0.1, 0.15) is 29.5 Å². The van der Waals surface area contributed by atoms with E-state index < -0.39 is 5.82 Å². The van der Waals surface area contributed by atoms with Gasteiger partial charge in [-0.25, -0.2) is 19.2 Å². The zero-order chi connectivity index (χ0) is 24.5. The Labute approximate surface area is 200 Å². The van der Waals surface area contributed by atoms with Gasteiger partial charge < -0.3 is 14.4 Å². The number of hydrogen-bond acceptors (Lipinski definition) is 7. The molecule has 4 aromatic rings. The van der Waals surface area contributed by atoms with E-state index in [2.05, 4.69) is 16.0 Å². The molecular formula is C25H23FN6O3. The molecule has 1 saturated heterocycles. The van der Waals surface area contributed by atoms with Crippen molar-refractivity contribution in [3.8, 4) is 17.7 Å². The smallest absolute Gasteiger partial charge is 0.329 e. The van der Waals surface area contributed by atoms with Gasteiger partial charge in [-0.3, -0.25) is 9.13 Å². The summed E-state index contributed by atoms with van der Waals surface area (Å²) in [6.45, 7) is 1.10. The lowest BCUT2D eigenvalue weighted by molar-refractivity contribution is 0.389. The van der Waals surface area contributed by atoms with Crippen molar-refractivity contribution in [2.45, 2.75) is 19.0 Å². The fourth-order valence-corrected chi connectivity index (χ4v) is 4.86. The summed E-state index contributed by atoms with van der Waals surface area (Å²) in [7, 11) is 3.08. The van der Waals surface area contributed by atoms with E-state index in [0.717, 1.165) is 0 Å². The molecular weight excluding hydrogens is 451 g/mol. The van der Waals surface area contributed by atoms with Crippen LogP contribution in [0.3, 0.4) is 0 Å². The molecule has 5 rings (SSSR count). The summed E-state index contributed by atoms with van der Waals surface area (Å²) in [6.07, 6.45) is 3.63. The second-order valence-corrected chi connectivity index (χ2v) is 8.26. The number of hydrogen-bond donors (Lipinski definition) is 0. The summed E-state index contributed by atoms with van der Waals surface area (Å²) >= 11 is 0. The van der Waals surface area contributed by atoms with Gasteiger partial charge in [0, 0.05) is 19.3 Å². The van der Waals surface area contributed by atoms with Crippen LogP contribution >= 0.6 is 0 Å². The molecule has 0 amide bonds. The molecule has 0 spiro atoms. The summed E-state index contributed by atoms with van der Waals surface area (Å²) < 4.78 is 29.0. The fraction of sp³-hybridized carbons (Fsp3) is 0.280. The molecule has 10 heteroatoms. The molecule has 35 heavy (non-hydrogen) atoms. The van der Waals surface area contributed by atoms with Gasteiger partial charge in [-0.05, 0) is 30.7 Å². The number of fused-ring (bicyclic) bond motifs is 1. The van der Waals surface area contributed by atoms with Gasteiger partial charge in [0.2, 0.25) is 5.88 Å². The molecule has 0 radical (unpaired) electrons. The zero-order valence-corrected chi connectivity index (χ0v) is 19.3. The number of nitrogens with zero attached hydrogens (tertiary/aromatic N) is 6. The van der Waals surface area contributed by atoms with Crippen molar-refractivity contribution < 1.29 is 13.9 Å². The van der Waals surface area contributed by atoms with Crippen molar-refractivity contribution in [3.63, 3.8) is 0 Å². The van der Waals surface area contributed by atoms with Crippen LogP contribution in [0.25, 0.3) is 11.0 Å². The Morgan fingerprint density at radius 3 is 2.80 bits per heavy atom. The molecule has 3 heterocycles. The van der Waals surface area contributed by atoms with Crippen molar-refractivity contribution in [1.29, 1.82) is 5.26 Å². The molecule has 1 fully saturated rings. The summed E-state index contributed by atoms with van der Waals surface area (Å²) in [4.78, 5) is 23.9. The van der Waals surface area contributed by atoms with Crippen LogP contribution in [0, 0.1) is 17.1 Å². The quantitative estimate of drug-likeness (QED) is 0.423. The first-order valence-electron chi connectivity index (χ1n) is 11.1. The van der Waals surface area contributed by atoms with Gasteiger partial charge in [0.25, 0.3) is 0 Å². The average molecular weight is 474 g/mol. The maximum absolute atomic E-state index is 14.7. The molecule has 0 N–H and O–H groups in total. The second-order valence-electron chi connectivity index (χ2n) is 8.26. The Bertz CT molecular complexity index is 1510. The number of rotatable bonds is 6. The minimum Gasteiger partial charge on any atom is -0.494 e. The lowest BCUT2D eigenvalue weighted by Crippen LogP contribution is -2.30. The maximum Gasteiger partial charge on any atom is 0.329 e. The van der Waals surface area contributed by atoms with E-state index in [-0.39, 0.29) is 29.5 Å². The summed E-state index contributed by atoms with van der Waals surface area (Å²) in [5, 5.41) is 9.48. The Morgan fingerprint density at radius 1 is 1.20 bits per heavy atom. The zero-order valence-electron chi connectivity index (χ0n) is 19.3. The molecule has 1 aliphatic heterocycles. The van der Waals surface area contributed by atoms with Gasteiger partial charge in [-0.2, -0.15) is 5.26 Å². The predicted molar refractivity (Wildman–Crippen MR) is 127 cm³/mol. The van der Waals surface area contributed by atoms with Gasteiger partial charge in [0.15, 0.2) is 0 Å². The number of para-hydroxylation sites is 2. The fourth-order valence-electron chi connectivity index (χ4n) is 4.86. The van der Waals surface area contributed by atoms with Crippen LogP contribution in [0.15, 0.2) is 53.7 Å². The Hall–Kier alpha value is -4.39. The van der Waals surface area contributed by atoms with Crippen molar-refractivity contribution in [2.24, 2.45) is 0 Å². The molecule has 9 nitrogen and oxygen atoms in total. The first kappa shape index (κ1) is 22.4. The second kappa shape index (κ2) is 9.10. The van der Waals surface area contributed by atoms with Crippen LogP contribution in [0.2, 0.25) is 0 Å². The molecule has 0 saturated carbocycles. The van der Waals surface area contributed by atoms with Gasteiger partial charge in [-0.15, -0.1) is 0 Å². The number of aromatic nitrogens is 4. The van der Waals surface area contributed by atoms with E-state index in [1.807, 2.05) is 17.0 Å². The van der Waals surface area contributed by atoms with E-state index >= 15 is 0 Å². The Balaban J connectivity index is 1.60. The third-order valence-corrected chi connectivity index (χ3v) is 6.38. The van der Waals surface area contributed by atoms with Crippen LogP contribution < -0.4 is 20.1 Å². The maximum atomic E-state index is 14.7. The molecule has 0 aliphatic carbocycles. The number of methoxy groups -OCH3 is 2. The first-order chi connectivity index (χ1) is 17.1. The number of imidazole rings is 1. The minimum absolute atomic E-state index is 0.190. The topological polar surface area (TPSA) is 98.2 Å². The predicted octanol–water partition coefficient (Wildman–Crippen LogP) is 3.12. The highest BCUT2D eigenvalue weighted by Crippen LogP contribution is 2.34. The highest BCUT2D eigenvalue weighted by Gasteiger charge is 2.31. The van der Waals surface area contributed by atoms with Crippen LogP contribution in [0.1, 0.15) is 23.6 Å². The average Bonchev–Trinajstić information content (AvgIpc) is 3.46. The van der Waals surface area contributed by atoms with Crippen LogP contribution in [-0.2, 0) is 6.54 Å². The van der Waals surface area contributed by atoms with Crippen molar-refractivity contribution in [3.05, 3.63) is 76.4 Å². The third kappa shape index (κ3) is 3.75. The molecule has 1 aliphatic rings. The summed E-state index contributed by atoms with van der Waals surface area (Å²) in [6, 6.07) is 11.8. The number of nitriles is 1. The number of benzene rings is 2. The normalized spacial score (nSPS) is 15.4. The van der Waals surface area contributed by atoms with Crippen LogP contribution in [0.4, 0.5) is 10.1 Å². The van der Waals surface area contributed by atoms with Gasteiger partial charge >= 0.3 is 5.69 Å². The van der Waals surface area contributed by atoms with Crippen LogP contribution in [-0.4, -0.2) is 46.4 Å². The molecule has 1 atom stereocenters. The highest BCUT2D eigenvalue weighted by molar-refractivity contribution is 5.83. The van der Waals surface area contributed by atoms with Gasteiger partial charge in [-0.1, -0.05) is 12.1 Å². The number of anilines is 1. The minimum atomic E-state index is -0.447. The van der Waals surface area contributed by atoms with E-state index in [1.165, 1.54) is 25.6 Å². The first-order valence-corrected chi connectivity index (χ1v) is 11.1. The summed E-state index contributed by atoms with van der Waals surface area (Å²) in [5.74, 6) is 0.500. The standard InChI is InChI=1S/C25H23FN6O3/c1-34-21-8-4-7-20-23(21)31(13-17-12-28-15-29-24(17)35-2)25(33)32(20)18-9-10-30(14-18)22-16(11-27)5-3-6-19(22)26/h3-8,12,15,18H,9-10,13-14H2,1-2H3/t18-/m1/s1. The number of halogens is 1. The number of ether oxygens (including phenoxy) is 2. The Kier molecular flexibility index (Phi) is 5.82. The monoisotopic (exact) mass is 474 g/mol. The lowest BCUT2D eigenvalue weighted by atomic mass is 10.1. The molecule has 178 valence electrons. The molecule has 2 aromatic carbocycles. The largest absolute Gasteiger partial charge is 0.494 e. The van der Waals surface area contributed by atoms with Crippen molar-refractivity contribution >= 4 is 16.7 Å². The SMILES string of the molecule is COc1ncncc1Cn1c(=O)n([C@@H]2CCN(c3c(F)cccc3C#N)C2)c2cccc(OC)c21. The van der Waals surface area contributed by atoms with E-state index in [9.17, 15) is 14.4 Å². The van der Waals surface area contributed by atoms with E-state index in [1.54, 1.807) is 34.6 Å². The Morgan fingerprint density at radius 2 is 2.03 bits per heavy atom. The lowest BCUT2D eigenvalue weighted by Gasteiger charge is -2.21. The molecule has 2 aromatic heterocycles. The molecule has 0 unspecified atom stereocenters. The molecule has 0 bridgehead atoms. The van der Waals surface area contributed by atoms with E-state index in [4.69, 9.17) is 9.47 Å². The van der Waals surface area contributed by atoms with Gasteiger partial charge in [0.05, 0.1) is 49.1 Å². The van der Waals surface area contributed by atoms with Crippen LogP contribution in [0.5, 0.6) is 11.6 Å². The highest BCUT2D eigenvalue weighted by atomic mass is 19.1. The third-order valence-electron chi connectivity index (χ3n) is 6.38. The van der Waals surface area contributed by atoms with Crippen molar-refractivity contribution in [2.75, 3.05) is 32.2 Å². The van der Waals surface area contributed by atoms with E-state index in [0.29, 0.717) is 47.7 Å². The van der Waals surface area contributed by atoms with Crippen molar-refractivity contribution in [1.82, 2.24) is 19.1 Å². The summed E-state index contributed by atoms with van der Waals surface area (Å²) in [5.41, 5.74) is 2.34.